The first-order valence-corrected chi connectivity index (χ1v) is 8.37. The van der Waals surface area contributed by atoms with Crippen molar-refractivity contribution in [2.75, 3.05) is 26.2 Å². The molecule has 0 radical (unpaired) electrons. The summed E-state index contributed by atoms with van der Waals surface area (Å²) in [4.78, 5) is 2.37. The first-order valence-electron chi connectivity index (χ1n) is 7.99. The summed E-state index contributed by atoms with van der Waals surface area (Å²) in [7, 11) is 0. The zero-order valence-corrected chi connectivity index (χ0v) is 13.8. The molecule has 118 valence electrons. The molecule has 0 bridgehead atoms. The number of halogens is 1. The normalized spacial score (nSPS) is 25.0. The second-order valence-electron chi connectivity index (χ2n) is 6.09. The van der Waals surface area contributed by atoms with E-state index in [1.54, 1.807) is 0 Å². The highest BCUT2D eigenvalue weighted by Gasteiger charge is 2.24. The molecule has 3 nitrogen and oxygen atoms in total. The van der Waals surface area contributed by atoms with Gasteiger partial charge in [-0.1, -0.05) is 37.6 Å². The van der Waals surface area contributed by atoms with E-state index in [9.17, 15) is 5.11 Å². The number of nitrogens with one attached hydrogen (secondary N) is 1. The Labute approximate surface area is 133 Å². The van der Waals surface area contributed by atoms with Gasteiger partial charge in [-0.2, -0.15) is 0 Å². The Balaban J connectivity index is 1.91. The third kappa shape index (κ3) is 4.96. The van der Waals surface area contributed by atoms with Crippen LogP contribution in [0.4, 0.5) is 0 Å². The third-order valence-electron chi connectivity index (χ3n) is 4.44. The lowest BCUT2D eigenvalue weighted by atomic mass is 9.95. The van der Waals surface area contributed by atoms with Crippen LogP contribution in [0.2, 0.25) is 5.02 Å². The maximum absolute atomic E-state index is 10.00. The van der Waals surface area contributed by atoms with E-state index in [1.165, 1.54) is 5.56 Å². The highest BCUT2D eigenvalue weighted by atomic mass is 35.5. The van der Waals surface area contributed by atoms with Gasteiger partial charge >= 0.3 is 0 Å². The fourth-order valence-corrected chi connectivity index (χ4v) is 3.18. The molecule has 2 N–H and O–H groups in total. The van der Waals surface area contributed by atoms with Crippen LogP contribution in [0.1, 0.15) is 38.3 Å². The summed E-state index contributed by atoms with van der Waals surface area (Å²) in [5.74, 6) is 0.429. The molecule has 1 aromatic carbocycles. The molecule has 1 fully saturated rings. The van der Waals surface area contributed by atoms with Crippen molar-refractivity contribution in [2.45, 2.75) is 38.8 Å². The lowest BCUT2D eigenvalue weighted by molar-refractivity contribution is 0.0278. The minimum absolute atomic E-state index is 0.178. The van der Waals surface area contributed by atoms with Crippen molar-refractivity contribution < 1.29 is 5.11 Å². The van der Waals surface area contributed by atoms with E-state index in [0.717, 1.165) is 44.0 Å². The summed E-state index contributed by atoms with van der Waals surface area (Å²) in [5, 5.41) is 14.3. The first-order chi connectivity index (χ1) is 10.1. The van der Waals surface area contributed by atoms with E-state index >= 15 is 0 Å². The van der Waals surface area contributed by atoms with E-state index < -0.39 is 0 Å². The Morgan fingerprint density at radius 1 is 1.48 bits per heavy atom. The third-order valence-corrected chi connectivity index (χ3v) is 4.67. The molecule has 1 saturated heterocycles. The smallest absolute Gasteiger partial charge is 0.0693 e. The van der Waals surface area contributed by atoms with Crippen molar-refractivity contribution in [2.24, 2.45) is 5.92 Å². The number of benzene rings is 1. The maximum atomic E-state index is 10.00. The van der Waals surface area contributed by atoms with Crippen LogP contribution in [-0.4, -0.2) is 42.3 Å². The van der Waals surface area contributed by atoms with Crippen molar-refractivity contribution >= 4 is 11.6 Å². The summed E-state index contributed by atoms with van der Waals surface area (Å²) in [5.41, 5.74) is 1.25. The summed E-state index contributed by atoms with van der Waals surface area (Å²) in [6.45, 7) is 8.10. The standard InChI is InChI=1S/C17H27ClN2O/c1-3-19-16(14-5-4-6-15(18)11-14)8-10-20-9-7-13(2)17(21)12-20/h4-6,11,13,16-17,19,21H,3,7-10,12H2,1-2H3. The minimum Gasteiger partial charge on any atom is -0.392 e. The SMILES string of the molecule is CCNC(CCN1CCC(C)C(O)C1)c1cccc(Cl)c1. The van der Waals surface area contributed by atoms with Crippen LogP contribution >= 0.6 is 11.6 Å². The largest absolute Gasteiger partial charge is 0.392 e. The lowest BCUT2D eigenvalue weighted by Crippen LogP contribution is -2.43. The predicted octanol–water partition coefficient (Wildman–Crippen LogP) is 3.08. The zero-order chi connectivity index (χ0) is 15.2. The van der Waals surface area contributed by atoms with Crippen LogP contribution in [0.5, 0.6) is 0 Å². The number of hydrogen-bond donors (Lipinski definition) is 2. The molecule has 0 spiro atoms. The number of β-amino-alcohol motifs (C(OH)–C–C–N with tert-alkyl or cyclic N) is 1. The van der Waals surface area contributed by atoms with Crippen molar-refractivity contribution in [3.05, 3.63) is 34.9 Å². The predicted molar refractivity (Wildman–Crippen MR) is 88.7 cm³/mol. The Hall–Kier alpha value is -0.610. The van der Waals surface area contributed by atoms with E-state index in [1.807, 2.05) is 18.2 Å². The van der Waals surface area contributed by atoms with Crippen LogP contribution in [0, 0.1) is 5.92 Å². The molecule has 0 amide bonds. The van der Waals surface area contributed by atoms with Crippen molar-refractivity contribution in [3.8, 4) is 0 Å². The van der Waals surface area contributed by atoms with E-state index in [0.29, 0.717) is 12.0 Å². The van der Waals surface area contributed by atoms with Gasteiger partial charge in [-0.3, -0.25) is 0 Å². The van der Waals surface area contributed by atoms with Gasteiger partial charge in [0, 0.05) is 24.2 Å². The molecular formula is C17H27ClN2O. The number of likely N-dealkylation sites (tertiary alicyclic amines) is 1. The summed E-state index contributed by atoms with van der Waals surface area (Å²) in [6.07, 6.45) is 1.95. The molecule has 0 aromatic heterocycles. The van der Waals surface area contributed by atoms with Crippen LogP contribution in [-0.2, 0) is 0 Å². The van der Waals surface area contributed by atoms with Gasteiger partial charge in [0.1, 0.15) is 0 Å². The molecule has 0 aliphatic carbocycles. The highest BCUT2D eigenvalue weighted by molar-refractivity contribution is 6.30. The van der Waals surface area contributed by atoms with Crippen molar-refractivity contribution in [3.63, 3.8) is 0 Å². The Bertz CT molecular complexity index is 441. The van der Waals surface area contributed by atoms with E-state index in [2.05, 4.69) is 30.1 Å². The van der Waals surface area contributed by atoms with Crippen LogP contribution in [0.25, 0.3) is 0 Å². The van der Waals surface area contributed by atoms with Gasteiger partial charge in [0.2, 0.25) is 0 Å². The van der Waals surface area contributed by atoms with Crippen molar-refractivity contribution in [1.82, 2.24) is 10.2 Å². The van der Waals surface area contributed by atoms with Gasteiger partial charge in [-0.25, -0.2) is 0 Å². The maximum Gasteiger partial charge on any atom is 0.0693 e. The van der Waals surface area contributed by atoms with Crippen LogP contribution < -0.4 is 5.32 Å². The average molecular weight is 311 g/mol. The topological polar surface area (TPSA) is 35.5 Å². The van der Waals surface area contributed by atoms with E-state index in [-0.39, 0.29) is 6.10 Å². The Morgan fingerprint density at radius 3 is 2.95 bits per heavy atom. The molecule has 0 saturated carbocycles. The van der Waals surface area contributed by atoms with Gasteiger partial charge in [0.05, 0.1) is 6.10 Å². The fraction of sp³-hybridized carbons (Fsp3) is 0.647. The molecule has 3 atom stereocenters. The highest BCUT2D eigenvalue weighted by Crippen LogP contribution is 2.23. The molecular weight excluding hydrogens is 284 g/mol. The molecule has 1 heterocycles. The fourth-order valence-electron chi connectivity index (χ4n) is 2.99. The molecule has 3 unspecified atom stereocenters. The molecule has 4 heteroatoms. The summed E-state index contributed by atoms with van der Waals surface area (Å²) >= 11 is 6.10. The van der Waals surface area contributed by atoms with Crippen LogP contribution in [0.15, 0.2) is 24.3 Å². The number of aliphatic hydroxyl groups excluding tert-OH is 1. The van der Waals surface area contributed by atoms with E-state index in [4.69, 9.17) is 11.6 Å². The molecule has 1 aromatic rings. The number of rotatable bonds is 6. The van der Waals surface area contributed by atoms with Gasteiger partial charge in [-0.15, -0.1) is 0 Å². The minimum atomic E-state index is -0.178. The summed E-state index contributed by atoms with van der Waals surface area (Å²) in [6, 6.07) is 8.42. The van der Waals surface area contributed by atoms with Gasteiger partial charge in [0.25, 0.3) is 0 Å². The first kappa shape index (κ1) is 16.8. The number of nitrogens with zero attached hydrogens (tertiary/aromatic N) is 1. The molecule has 1 aliphatic heterocycles. The Morgan fingerprint density at radius 2 is 2.29 bits per heavy atom. The van der Waals surface area contributed by atoms with Gasteiger partial charge < -0.3 is 15.3 Å². The number of hydrogen-bond acceptors (Lipinski definition) is 3. The van der Waals surface area contributed by atoms with Gasteiger partial charge in [-0.05, 0) is 49.5 Å². The number of aliphatic hydroxyl groups is 1. The van der Waals surface area contributed by atoms with Gasteiger partial charge in [0.15, 0.2) is 0 Å². The Kier molecular flexibility index (Phi) is 6.49. The molecule has 2 rings (SSSR count). The molecule has 21 heavy (non-hydrogen) atoms. The second kappa shape index (κ2) is 8.14. The monoisotopic (exact) mass is 310 g/mol. The lowest BCUT2D eigenvalue weighted by Gasteiger charge is -2.35. The summed E-state index contributed by atoms with van der Waals surface area (Å²) < 4.78 is 0. The van der Waals surface area contributed by atoms with Crippen LogP contribution in [0.3, 0.4) is 0 Å². The quantitative estimate of drug-likeness (QED) is 0.847. The molecule has 1 aliphatic rings. The number of piperidine rings is 1. The van der Waals surface area contributed by atoms with Crippen molar-refractivity contribution in [1.29, 1.82) is 0 Å². The average Bonchev–Trinajstić information content (AvgIpc) is 2.47. The zero-order valence-electron chi connectivity index (χ0n) is 13.1. The second-order valence-corrected chi connectivity index (χ2v) is 6.52.